The first-order chi connectivity index (χ1) is 13.8. The van der Waals surface area contributed by atoms with Crippen LogP contribution in [0.1, 0.15) is 31.7 Å². The van der Waals surface area contributed by atoms with Crippen molar-refractivity contribution < 1.29 is 4.79 Å². The molecule has 0 aliphatic carbocycles. The summed E-state index contributed by atoms with van der Waals surface area (Å²) >= 11 is 0. The number of likely N-dealkylation sites (tertiary alicyclic amines) is 2. The molecule has 8 nitrogen and oxygen atoms in total. The summed E-state index contributed by atoms with van der Waals surface area (Å²) in [6.07, 6.45) is 9.32. The number of carbonyl (C=O) groups excluding carboxylic acids is 1. The number of imidazole rings is 1. The average Bonchev–Trinajstić information content (AvgIpc) is 3.46. The van der Waals surface area contributed by atoms with Crippen molar-refractivity contribution in [2.45, 2.75) is 37.8 Å². The van der Waals surface area contributed by atoms with Crippen LogP contribution in [0.5, 0.6) is 0 Å². The molecule has 0 aromatic carbocycles. The van der Waals surface area contributed by atoms with E-state index in [2.05, 4.69) is 25.6 Å². The second-order valence-corrected chi connectivity index (χ2v) is 7.73. The van der Waals surface area contributed by atoms with Crippen LogP contribution in [-0.4, -0.2) is 67.4 Å². The molecule has 5 heterocycles. The Morgan fingerprint density at radius 1 is 1.25 bits per heavy atom. The van der Waals surface area contributed by atoms with E-state index in [9.17, 15) is 4.79 Å². The summed E-state index contributed by atoms with van der Waals surface area (Å²) in [5, 5.41) is 10.1. The van der Waals surface area contributed by atoms with Gasteiger partial charge in [0.25, 0.3) is 0 Å². The van der Waals surface area contributed by atoms with Crippen LogP contribution in [0.25, 0.3) is 22.1 Å². The quantitative estimate of drug-likeness (QED) is 0.705. The number of pyridine rings is 1. The summed E-state index contributed by atoms with van der Waals surface area (Å²) in [7, 11) is 0. The zero-order chi connectivity index (χ0) is 19.1. The van der Waals surface area contributed by atoms with Gasteiger partial charge in [-0.2, -0.15) is 5.26 Å². The third kappa shape index (κ3) is 2.74. The predicted octanol–water partition coefficient (Wildman–Crippen LogP) is 2.06. The fourth-order valence-electron chi connectivity index (χ4n) is 4.77. The molecule has 1 amide bonds. The lowest BCUT2D eigenvalue weighted by molar-refractivity contribution is -0.137. The lowest BCUT2D eigenvalue weighted by Gasteiger charge is -2.35. The molecule has 2 fully saturated rings. The summed E-state index contributed by atoms with van der Waals surface area (Å²) in [5.41, 5.74) is 2.90. The van der Waals surface area contributed by atoms with E-state index >= 15 is 0 Å². The molecule has 3 aromatic rings. The number of nitrogens with one attached hydrogen (secondary N) is 1. The molecule has 1 unspecified atom stereocenters. The zero-order valence-electron chi connectivity index (χ0n) is 15.7. The number of aromatic nitrogens is 4. The van der Waals surface area contributed by atoms with Crippen molar-refractivity contribution in [1.82, 2.24) is 29.3 Å². The minimum absolute atomic E-state index is 0.115. The fraction of sp³-hybridized carbons (Fsp3) is 0.500. The molecular formula is C20H23N7O. The van der Waals surface area contributed by atoms with Crippen molar-refractivity contribution >= 4 is 28.0 Å². The van der Waals surface area contributed by atoms with Crippen LogP contribution in [0.3, 0.4) is 0 Å². The number of aromatic amines is 1. The van der Waals surface area contributed by atoms with E-state index in [1.807, 2.05) is 34.6 Å². The summed E-state index contributed by atoms with van der Waals surface area (Å²) in [5.74, 6) is 0.193. The number of hydrogen-bond acceptors (Lipinski definition) is 5. The number of amides is 1. The van der Waals surface area contributed by atoms with Gasteiger partial charge in [0.1, 0.15) is 11.2 Å². The Bertz CT molecular complexity index is 1050. The zero-order valence-corrected chi connectivity index (χ0v) is 15.7. The van der Waals surface area contributed by atoms with Crippen LogP contribution in [0.4, 0.5) is 0 Å². The van der Waals surface area contributed by atoms with E-state index in [4.69, 9.17) is 5.26 Å². The molecule has 0 bridgehead atoms. The second kappa shape index (κ2) is 6.91. The molecule has 8 heteroatoms. The third-order valence-corrected chi connectivity index (χ3v) is 6.21. The van der Waals surface area contributed by atoms with E-state index in [0.717, 1.165) is 67.4 Å². The first-order valence-electron chi connectivity index (χ1n) is 9.94. The lowest BCUT2D eigenvalue weighted by Crippen LogP contribution is -2.48. The number of piperidine rings is 1. The highest BCUT2D eigenvalue weighted by Crippen LogP contribution is 2.31. The topological polar surface area (TPSA) is 93.8 Å². The predicted molar refractivity (Wildman–Crippen MR) is 104 cm³/mol. The van der Waals surface area contributed by atoms with Crippen molar-refractivity contribution in [3.8, 4) is 6.07 Å². The fourth-order valence-corrected chi connectivity index (χ4v) is 4.77. The van der Waals surface area contributed by atoms with Crippen LogP contribution in [-0.2, 0) is 4.79 Å². The molecule has 2 saturated heterocycles. The molecule has 1 atom stereocenters. The molecular weight excluding hydrogens is 354 g/mol. The van der Waals surface area contributed by atoms with Crippen LogP contribution < -0.4 is 0 Å². The highest BCUT2D eigenvalue weighted by molar-refractivity contribution is 6.00. The molecule has 3 aromatic heterocycles. The Morgan fingerprint density at radius 2 is 2.11 bits per heavy atom. The molecule has 144 valence electrons. The van der Waals surface area contributed by atoms with E-state index in [-0.39, 0.29) is 11.9 Å². The van der Waals surface area contributed by atoms with Crippen LogP contribution in [0.15, 0.2) is 24.8 Å². The maximum atomic E-state index is 13.0. The van der Waals surface area contributed by atoms with Crippen molar-refractivity contribution in [3.05, 3.63) is 24.8 Å². The highest BCUT2D eigenvalue weighted by atomic mass is 16.2. The molecule has 5 rings (SSSR count). The third-order valence-electron chi connectivity index (χ3n) is 6.21. The molecule has 28 heavy (non-hydrogen) atoms. The van der Waals surface area contributed by atoms with E-state index in [1.54, 1.807) is 0 Å². The number of hydrogen-bond donors (Lipinski definition) is 1. The monoisotopic (exact) mass is 377 g/mol. The van der Waals surface area contributed by atoms with Gasteiger partial charge >= 0.3 is 0 Å². The first-order valence-corrected chi connectivity index (χ1v) is 9.94. The maximum absolute atomic E-state index is 13.0. The van der Waals surface area contributed by atoms with Gasteiger partial charge in [-0.25, -0.2) is 9.97 Å². The number of rotatable bonds is 3. The van der Waals surface area contributed by atoms with Gasteiger partial charge in [-0.3, -0.25) is 9.69 Å². The second-order valence-electron chi connectivity index (χ2n) is 7.73. The van der Waals surface area contributed by atoms with E-state index < -0.39 is 0 Å². The van der Waals surface area contributed by atoms with Crippen molar-refractivity contribution in [2.75, 3.05) is 26.2 Å². The SMILES string of the molecule is N#CCN1CCCC1C(=O)N1CCC(n2cnc3cnc4[nH]ccc4c32)CC1. The smallest absolute Gasteiger partial charge is 0.239 e. The summed E-state index contributed by atoms with van der Waals surface area (Å²) in [6, 6.07) is 4.45. The molecule has 2 aliphatic rings. The number of nitriles is 1. The van der Waals surface area contributed by atoms with Gasteiger partial charge in [0.2, 0.25) is 5.91 Å². The first kappa shape index (κ1) is 17.2. The largest absolute Gasteiger partial charge is 0.346 e. The normalized spacial score (nSPS) is 21.5. The van der Waals surface area contributed by atoms with E-state index in [1.165, 1.54) is 0 Å². The Labute approximate surface area is 162 Å². The van der Waals surface area contributed by atoms with Crippen LogP contribution in [0, 0.1) is 11.3 Å². The molecule has 0 saturated carbocycles. The van der Waals surface area contributed by atoms with Crippen LogP contribution in [0.2, 0.25) is 0 Å². The molecule has 0 radical (unpaired) electrons. The standard InChI is InChI=1S/C20H23N7O/c21-6-11-25-8-1-2-17(25)20(28)26-9-4-14(5-10-26)27-13-24-16-12-23-19-15(18(16)27)3-7-22-19/h3,7,12-14,17H,1-2,4-5,8-11H2,(H,22,23). The Kier molecular flexibility index (Phi) is 4.24. The minimum Gasteiger partial charge on any atom is -0.346 e. The summed E-state index contributed by atoms with van der Waals surface area (Å²) in [4.78, 5) is 29.1. The van der Waals surface area contributed by atoms with Crippen LogP contribution >= 0.6 is 0 Å². The summed E-state index contributed by atoms with van der Waals surface area (Å²) < 4.78 is 2.26. The average molecular weight is 377 g/mol. The molecule has 1 N–H and O–H groups in total. The van der Waals surface area contributed by atoms with Gasteiger partial charge in [0.15, 0.2) is 0 Å². The van der Waals surface area contributed by atoms with Crippen molar-refractivity contribution in [1.29, 1.82) is 5.26 Å². The van der Waals surface area contributed by atoms with Gasteiger partial charge in [-0.15, -0.1) is 0 Å². The van der Waals surface area contributed by atoms with Gasteiger partial charge < -0.3 is 14.5 Å². The minimum atomic E-state index is -0.115. The van der Waals surface area contributed by atoms with Gasteiger partial charge in [-0.1, -0.05) is 0 Å². The summed E-state index contributed by atoms with van der Waals surface area (Å²) in [6.45, 7) is 2.69. The number of carbonyl (C=O) groups is 1. The van der Waals surface area contributed by atoms with Gasteiger partial charge in [0.05, 0.1) is 36.7 Å². The lowest BCUT2D eigenvalue weighted by atomic mass is 10.0. The van der Waals surface area contributed by atoms with Gasteiger partial charge in [0, 0.05) is 37.3 Å². The number of fused-ring (bicyclic) bond motifs is 3. The Morgan fingerprint density at radius 3 is 2.93 bits per heavy atom. The number of nitrogens with zero attached hydrogens (tertiary/aromatic N) is 6. The molecule has 2 aliphatic heterocycles. The van der Waals surface area contributed by atoms with Gasteiger partial charge in [-0.05, 0) is 31.7 Å². The maximum Gasteiger partial charge on any atom is 0.239 e. The van der Waals surface area contributed by atoms with Crippen molar-refractivity contribution in [3.63, 3.8) is 0 Å². The van der Waals surface area contributed by atoms with Crippen molar-refractivity contribution in [2.24, 2.45) is 0 Å². The Hall–Kier alpha value is -2.92. The Balaban J connectivity index is 1.33. The number of H-pyrrole nitrogens is 1. The highest BCUT2D eigenvalue weighted by Gasteiger charge is 2.35. The van der Waals surface area contributed by atoms with E-state index in [0.29, 0.717) is 12.6 Å². The molecule has 0 spiro atoms.